The van der Waals surface area contributed by atoms with Crippen molar-refractivity contribution < 1.29 is 14.1 Å². The van der Waals surface area contributed by atoms with Gasteiger partial charge in [-0.2, -0.15) is 17.0 Å². The summed E-state index contributed by atoms with van der Waals surface area (Å²) in [4.78, 5) is 5.76. The summed E-state index contributed by atoms with van der Waals surface area (Å²) in [5, 5.41) is 9.94. The monoisotopic (exact) mass is 356 g/mol. The van der Waals surface area contributed by atoms with Crippen LogP contribution in [-0.2, 0) is 16.9 Å². The molecule has 0 bridgehead atoms. The highest BCUT2D eigenvalue weighted by atomic mass is 32.2. The Balaban J connectivity index is 1.92. The van der Waals surface area contributed by atoms with Crippen molar-refractivity contribution in [2.75, 3.05) is 31.2 Å². The molecule has 0 saturated carbocycles. The van der Waals surface area contributed by atoms with Gasteiger partial charge in [-0.15, -0.1) is 0 Å². The average Bonchev–Trinajstić information content (AvgIpc) is 3.14. The Hall–Kier alpha value is -1.97. The largest absolute Gasteiger partial charge is 0.461 e. The summed E-state index contributed by atoms with van der Waals surface area (Å²) < 4.78 is 11.3. The van der Waals surface area contributed by atoms with Crippen LogP contribution in [0.15, 0.2) is 22.8 Å². The topological polar surface area (TPSA) is 63.5 Å². The predicted octanol–water partition coefficient (Wildman–Crippen LogP) is 3.04. The summed E-state index contributed by atoms with van der Waals surface area (Å²) >= 11 is 1.93. The zero-order valence-corrected chi connectivity index (χ0v) is 15.4. The van der Waals surface area contributed by atoms with Gasteiger partial charge in [0.25, 0.3) is 5.82 Å². The quantitative estimate of drug-likeness (QED) is 0.827. The van der Waals surface area contributed by atoms with Crippen molar-refractivity contribution in [3.05, 3.63) is 35.1 Å². The molecular formula is C19H22N3O2S+. The normalized spacial score (nSPS) is 19.3. The number of rotatable bonds is 2. The number of pyridine rings is 1. The molecule has 4 heterocycles. The Morgan fingerprint density at radius 1 is 1.28 bits per heavy atom. The molecule has 6 heteroatoms. The molecule has 4 rings (SSSR count). The molecule has 2 aliphatic heterocycles. The van der Waals surface area contributed by atoms with Crippen molar-refractivity contribution in [2.45, 2.75) is 30.8 Å². The fraction of sp³-hybridized carbons (Fsp3) is 0.474. The van der Waals surface area contributed by atoms with Crippen molar-refractivity contribution in [3.63, 3.8) is 0 Å². The molecule has 1 saturated heterocycles. The molecule has 0 unspecified atom stereocenters. The van der Waals surface area contributed by atoms with Gasteiger partial charge < -0.3 is 9.15 Å². The van der Waals surface area contributed by atoms with Crippen molar-refractivity contribution in [1.29, 1.82) is 5.26 Å². The van der Waals surface area contributed by atoms with Gasteiger partial charge in [-0.25, -0.2) is 4.98 Å². The Kier molecular flexibility index (Phi) is 4.22. The van der Waals surface area contributed by atoms with Gasteiger partial charge in [0.2, 0.25) is 0 Å². The van der Waals surface area contributed by atoms with Crippen LogP contribution in [0.3, 0.4) is 0 Å². The number of hydrogen-bond acceptors (Lipinski definition) is 5. The van der Waals surface area contributed by atoms with E-state index in [1.165, 1.54) is 5.56 Å². The van der Waals surface area contributed by atoms with E-state index in [-0.39, 0.29) is 4.75 Å². The lowest BCUT2D eigenvalue weighted by Crippen LogP contribution is -2.41. The van der Waals surface area contributed by atoms with Crippen LogP contribution in [-0.4, -0.2) is 31.1 Å². The maximum atomic E-state index is 9.94. The molecule has 0 aromatic carbocycles. The van der Waals surface area contributed by atoms with Crippen LogP contribution in [0.2, 0.25) is 0 Å². The minimum atomic E-state index is 0.128. The van der Waals surface area contributed by atoms with E-state index >= 15 is 0 Å². The number of H-pyrrole nitrogens is 1. The summed E-state index contributed by atoms with van der Waals surface area (Å²) in [6.07, 6.45) is 2.58. The molecule has 2 aliphatic rings. The summed E-state index contributed by atoms with van der Waals surface area (Å²) in [6.45, 7) is 7.46. The van der Waals surface area contributed by atoms with Crippen LogP contribution in [0, 0.1) is 11.3 Å². The maximum absolute atomic E-state index is 9.94. The second kappa shape index (κ2) is 6.40. The molecule has 5 nitrogen and oxygen atoms in total. The fourth-order valence-corrected chi connectivity index (χ4v) is 4.68. The minimum Gasteiger partial charge on any atom is -0.461 e. The summed E-state index contributed by atoms with van der Waals surface area (Å²) in [5.74, 6) is 2.61. The fourth-order valence-electron chi connectivity index (χ4n) is 3.58. The van der Waals surface area contributed by atoms with Crippen molar-refractivity contribution in [1.82, 2.24) is 0 Å². The lowest BCUT2D eigenvalue weighted by atomic mass is 9.91. The zero-order chi connectivity index (χ0) is 17.4. The Morgan fingerprint density at radius 2 is 2.08 bits per heavy atom. The van der Waals surface area contributed by atoms with Crippen LogP contribution in [0.1, 0.15) is 30.5 Å². The molecule has 0 spiro atoms. The van der Waals surface area contributed by atoms with Gasteiger partial charge in [0, 0.05) is 16.1 Å². The van der Waals surface area contributed by atoms with E-state index < -0.39 is 0 Å². The number of fused-ring (bicyclic) bond motifs is 1. The second-order valence-electron chi connectivity index (χ2n) is 7.09. The van der Waals surface area contributed by atoms with Crippen LogP contribution in [0.25, 0.3) is 11.5 Å². The number of morpholine rings is 1. The number of ether oxygens (including phenoxy) is 1. The SMILES string of the molecule is CC1(C)Cc2c(C#N)c(N3CCOCC3)[nH+]c(-c3ccco3)c2CS1. The van der Waals surface area contributed by atoms with E-state index in [1.807, 2.05) is 23.9 Å². The van der Waals surface area contributed by atoms with Crippen LogP contribution in [0.5, 0.6) is 0 Å². The lowest BCUT2D eigenvalue weighted by molar-refractivity contribution is -0.353. The number of aromatic amines is 1. The molecule has 0 radical (unpaired) electrons. The second-order valence-corrected chi connectivity index (χ2v) is 8.78. The van der Waals surface area contributed by atoms with Gasteiger partial charge in [0.15, 0.2) is 11.5 Å². The number of hydrogen-bond donors (Lipinski definition) is 0. The summed E-state index contributed by atoms with van der Waals surface area (Å²) in [6, 6.07) is 6.36. The van der Waals surface area contributed by atoms with E-state index in [4.69, 9.17) is 9.15 Å². The van der Waals surface area contributed by atoms with Crippen LogP contribution < -0.4 is 9.88 Å². The smallest absolute Gasteiger partial charge is 0.293 e. The molecule has 0 aliphatic carbocycles. The summed E-state index contributed by atoms with van der Waals surface area (Å²) in [5.41, 5.74) is 4.15. The molecule has 2 aromatic heterocycles. The molecule has 1 fully saturated rings. The number of thioether (sulfide) groups is 1. The van der Waals surface area contributed by atoms with Crippen LogP contribution in [0.4, 0.5) is 5.82 Å². The first-order valence-corrected chi connectivity index (χ1v) is 9.59. The number of aromatic nitrogens is 1. The van der Waals surface area contributed by atoms with Gasteiger partial charge in [0.1, 0.15) is 24.7 Å². The van der Waals surface area contributed by atoms with Crippen LogP contribution >= 0.6 is 11.8 Å². The zero-order valence-electron chi connectivity index (χ0n) is 14.6. The van der Waals surface area contributed by atoms with E-state index in [2.05, 4.69) is 29.8 Å². The predicted molar refractivity (Wildman–Crippen MR) is 97.5 cm³/mol. The van der Waals surface area contributed by atoms with Gasteiger partial charge in [-0.05, 0) is 24.1 Å². The third-order valence-electron chi connectivity index (χ3n) is 4.86. The standard InChI is InChI=1S/C19H21N3O2S/c1-19(2)10-13-14(11-20)18(22-5-8-23-9-6-22)21-17(15(13)12-25-19)16-4-3-7-24-16/h3-4,7H,5-6,8-10,12H2,1-2H3/p+1. The van der Waals surface area contributed by atoms with Gasteiger partial charge >= 0.3 is 0 Å². The number of furan rings is 1. The third kappa shape index (κ3) is 3.03. The highest BCUT2D eigenvalue weighted by molar-refractivity contribution is 7.99. The number of anilines is 1. The Labute approximate surface area is 152 Å². The minimum absolute atomic E-state index is 0.128. The highest BCUT2D eigenvalue weighted by Gasteiger charge is 2.36. The van der Waals surface area contributed by atoms with Gasteiger partial charge in [-0.1, -0.05) is 13.8 Å². The first-order chi connectivity index (χ1) is 12.1. The molecule has 25 heavy (non-hydrogen) atoms. The Bertz CT molecular complexity index is 818. The van der Waals surface area contributed by atoms with Crippen molar-refractivity contribution >= 4 is 17.6 Å². The Morgan fingerprint density at radius 3 is 2.76 bits per heavy atom. The maximum Gasteiger partial charge on any atom is 0.293 e. The van der Waals surface area contributed by atoms with E-state index in [9.17, 15) is 5.26 Å². The van der Waals surface area contributed by atoms with Gasteiger partial charge in [-0.3, -0.25) is 4.90 Å². The molecule has 130 valence electrons. The van der Waals surface area contributed by atoms with E-state index in [0.717, 1.165) is 53.7 Å². The van der Waals surface area contributed by atoms with Gasteiger partial charge in [0.05, 0.1) is 19.5 Å². The molecule has 1 N–H and O–H groups in total. The number of nitrogens with zero attached hydrogens (tertiary/aromatic N) is 2. The van der Waals surface area contributed by atoms with E-state index in [1.54, 1.807) is 6.26 Å². The molecular weight excluding hydrogens is 334 g/mol. The first kappa shape index (κ1) is 16.5. The third-order valence-corrected chi connectivity index (χ3v) is 6.22. The van der Waals surface area contributed by atoms with E-state index in [0.29, 0.717) is 13.2 Å². The highest BCUT2D eigenvalue weighted by Crippen LogP contribution is 2.43. The first-order valence-electron chi connectivity index (χ1n) is 8.61. The average molecular weight is 356 g/mol. The number of nitriles is 1. The number of nitrogens with one attached hydrogen (secondary N) is 1. The summed E-state index contributed by atoms with van der Waals surface area (Å²) in [7, 11) is 0. The lowest BCUT2D eigenvalue weighted by Gasteiger charge is -2.32. The van der Waals surface area contributed by atoms with Crippen molar-refractivity contribution in [3.8, 4) is 17.5 Å². The van der Waals surface area contributed by atoms with Crippen molar-refractivity contribution in [2.24, 2.45) is 0 Å². The molecule has 0 amide bonds. The molecule has 0 atom stereocenters. The molecule has 2 aromatic rings.